The van der Waals surface area contributed by atoms with E-state index < -0.39 is 0 Å². The molecule has 1 fully saturated rings. The van der Waals surface area contributed by atoms with E-state index in [1.807, 2.05) is 61.5 Å². The van der Waals surface area contributed by atoms with Gasteiger partial charge in [0.25, 0.3) is 5.91 Å². The number of carbonyl (C=O) groups excluding carboxylic acids is 1. The molecule has 1 amide bonds. The van der Waals surface area contributed by atoms with Crippen molar-refractivity contribution in [1.82, 2.24) is 5.32 Å². The zero-order valence-corrected chi connectivity index (χ0v) is 19.8. The van der Waals surface area contributed by atoms with Crippen LogP contribution in [0.15, 0.2) is 89.4 Å². The highest BCUT2D eigenvalue weighted by Gasteiger charge is 2.33. The molecule has 0 saturated carbocycles. The maximum atomic E-state index is 13.8. The molecule has 3 aromatic carbocycles. The van der Waals surface area contributed by atoms with Crippen molar-refractivity contribution in [2.24, 2.45) is 0 Å². The van der Waals surface area contributed by atoms with E-state index in [2.05, 4.69) is 5.32 Å². The minimum atomic E-state index is -0.309. The summed E-state index contributed by atoms with van der Waals surface area (Å²) < 4.78 is 26.2. The number of thiocarbonyl (C=S) groups is 1. The van der Waals surface area contributed by atoms with Gasteiger partial charge in [-0.05, 0) is 61.0 Å². The average Bonchev–Trinajstić information content (AvgIpc) is 3.16. The molecule has 34 heavy (non-hydrogen) atoms. The van der Waals surface area contributed by atoms with Gasteiger partial charge < -0.3 is 14.8 Å². The number of ether oxygens (including phenoxy) is 2. The number of carbonyl (C=O) groups is 1. The summed E-state index contributed by atoms with van der Waals surface area (Å²) in [5, 5.41) is 2.67. The molecule has 0 unspecified atom stereocenters. The molecule has 2 aliphatic heterocycles. The molecule has 170 valence electrons. The van der Waals surface area contributed by atoms with Crippen molar-refractivity contribution in [2.45, 2.75) is 12.8 Å². The topological polar surface area (TPSA) is 47.6 Å². The van der Waals surface area contributed by atoms with Gasteiger partial charge in [0, 0.05) is 22.6 Å². The largest absolute Gasteiger partial charge is 0.494 e. The zero-order valence-electron chi connectivity index (χ0n) is 18.2. The number of rotatable bonds is 5. The molecule has 1 N–H and O–H groups in total. The Morgan fingerprint density at radius 1 is 1.09 bits per heavy atom. The molecule has 0 radical (unpaired) electrons. The van der Waals surface area contributed by atoms with Crippen LogP contribution >= 0.6 is 24.0 Å². The highest BCUT2D eigenvalue weighted by atomic mass is 32.2. The Morgan fingerprint density at radius 2 is 1.82 bits per heavy atom. The lowest BCUT2D eigenvalue weighted by Gasteiger charge is -2.30. The molecule has 3 aromatic rings. The number of halogens is 1. The summed E-state index contributed by atoms with van der Waals surface area (Å²) in [5.41, 5.74) is 3.44. The number of allylic oxidation sites excluding steroid dienone is 2. The number of amides is 1. The van der Waals surface area contributed by atoms with Crippen LogP contribution in [0.3, 0.4) is 0 Å². The Kier molecular flexibility index (Phi) is 6.22. The van der Waals surface area contributed by atoms with Crippen molar-refractivity contribution in [3.8, 4) is 11.5 Å². The highest BCUT2D eigenvalue weighted by Crippen LogP contribution is 2.47. The Morgan fingerprint density at radius 3 is 2.50 bits per heavy atom. The highest BCUT2D eigenvalue weighted by molar-refractivity contribution is 8.26. The SMILES string of the molecule is CCOc1ccc(C2=C(/C=C3/SC(=S)NC3=O)[C@@H](c3ccc(F)cc3)c3ccccc3O2)cc1. The molecular weight excluding hydrogens is 469 g/mol. The van der Waals surface area contributed by atoms with Crippen LogP contribution in [0.25, 0.3) is 5.76 Å². The second-order valence-electron chi connectivity index (χ2n) is 7.72. The molecule has 2 aliphatic rings. The molecule has 7 heteroatoms. The summed E-state index contributed by atoms with van der Waals surface area (Å²) in [6, 6.07) is 21.8. The maximum absolute atomic E-state index is 13.8. The number of thioether (sulfide) groups is 1. The van der Waals surface area contributed by atoms with Gasteiger partial charge in [0.15, 0.2) is 0 Å². The molecule has 5 rings (SSSR count). The molecule has 0 spiro atoms. The summed E-state index contributed by atoms with van der Waals surface area (Å²) in [7, 11) is 0. The number of benzene rings is 3. The molecule has 2 heterocycles. The van der Waals surface area contributed by atoms with Gasteiger partial charge in [-0.15, -0.1) is 0 Å². The van der Waals surface area contributed by atoms with Crippen LogP contribution in [-0.2, 0) is 4.79 Å². The number of para-hydroxylation sites is 1. The normalized spacial score (nSPS) is 18.5. The third-order valence-corrected chi connectivity index (χ3v) is 6.74. The molecule has 0 aromatic heterocycles. The second kappa shape index (κ2) is 9.44. The Balaban J connectivity index is 1.73. The van der Waals surface area contributed by atoms with Gasteiger partial charge in [0.05, 0.1) is 11.5 Å². The fraction of sp³-hybridized carbons (Fsp3) is 0.111. The van der Waals surface area contributed by atoms with E-state index in [1.54, 1.807) is 12.1 Å². The van der Waals surface area contributed by atoms with Crippen molar-refractivity contribution >= 4 is 40.0 Å². The number of hydrogen-bond donors (Lipinski definition) is 1. The van der Waals surface area contributed by atoms with E-state index >= 15 is 0 Å². The minimum Gasteiger partial charge on any atom is -0.494 e. The number of fused-ring (bicyclic) bond motifs is 1. The first kappa shape index (κ1) is 22.4. The summed E-state index contributed by atoms with van der Waals surface area (Å²) in [6.07, 6.45) is 1.83. The van der Waals surface area contributed by atoms with Gasteiger partial charge in [-0.2, -0.15) is 0 Å². The summed E-state index contributed by atoms with van der Waals surface area (Å²) in [5.74, 6) is 1.26. The number of hydrogen-bond acceptors (Lipinski definition) is 5. The lowest BCUT2D eigenvalue weighted by Crippen LogP contribution is -2.19. The van der Waals surface area contributed by atoms with E-state index in [0.29, 0.717) is 27.3 Å². The number of nitrogens with one attached hydrogen (secondary N) is 1. The van der Waals surface area contributed by atoms with Crippen molar-refractivity contribution in [3.63, 3.8) is 0 Å². The molecule has 0 aliphatic carbocycles. The quantitative estimate of drug-likeness (QED) is 0.342. The fourth-order valence-corrected chi connectivity index (χ4v) is 5.13. The second-order valence-corrected chi connectivity index (χ2v) is 9.44. The molecule has 1 atom stereocenters. The average molecular weight is 490 g/mol. The Labute approximate surface area is 206 Å². The standard InChI is InChI=1S/C27H20FNO3S2/c1-2-31-19-13-9-17(10-14-19)25-21(15-23-26(30)29-27(33)34-23)24(16-7-11-18(28)12-8-16)20-5-3-4-6-22(20)32-25/h3-15,24H,2H2,1H3,(H,29,30,33)/b23-15+/t24-/m0/s1. The zero-order chi connectivity index (χ0) is 23.7. The lowest BCUT2D eigenvalue weighted by atomic mass is 9.81. The molecular formula is C27H20FNO3S2. The first-order valence-electron chi connectivity index (χ1n) is 10.8. The Hall–Kier alpha value is -3.42. The van der Waals surface area contributed by atoms with Gasteiger partial charge in [-0.25, -0.2) is 4.39 Å². The van der Waals surface area contributed by atoms with E-state index in [1.165, 1.54) is 23.9 Å². The van der Waals surface area contributed by atoms with Crippen LogP contribution in [0.2, 0.25) is 0 Å². The van der Waals surface area contributed by atoms with Gasteiger partial charge >= 0.3 is 0 Å². The van der Waals surface area contributed by atoms with E-state index in [4.69, 9.17) is 21.7 Å². The van der Waals surface area contributed by atoms with Crippen molar-refractivity contribution in [2.75, 3.05) is 6.61 Å². The lowest BCUT2D eigenvalue weighted by molar-refractivity contribution is -0.115. The molecule has 0 bridgehead atoms. The van der Waals surface area contributed by atoms with Crippen LogP contribution in [-0.4, -0.2) is 16.8 Å². The van der Waals surface area contributed by atoms with Crippen molar-refractivity contribution in [3.05, 3.63) is 112 Å². The van der Waals surface area contributed by atoms with Gasteiger partial charge in [-0.1, -0.05) is 54.3 Å². The molecule has 4 nitrogen and oxygen atoms in total. The van der Waals surface area contributed by atoms with Gasteiger partial charge in [0.1, 0.15) is 27.4 Å². The van der Waals surface area contributed by atoms with Crippen LogP contribution < -0.4 is 14.8 Å². The monoisotopic (exact) mass is 489 g/mol. The smallest absolute Gasteiger partial charge is 0.263 e. The Bertz CT molecular complexity index is 1330. The van der Waals surface area contributed by atoms with Crippen LogP contribution in [0.4, 0.5) is 4.39 Å². The first-order valence-corrected chi connectivity index (χ1v) is 12.0. The third-order valence-electron chi connectivity index (χ3n) is 5.57. The molecule has 1 saturated heterocycles. The summed E-state index contributed by atoms with van der Waals surface area (Å²) in [6.45, 7) is 2.51. The van der Waals surface area contributed by atoms with E-state index in [0.717, 1.165) is 28.0 Å². The summed E-state index contributed by atoms with van der Waals surface area (Å²) >= 11 is 6.41. The van der Waals surface area contributed by atoms with Crippen molar-refractivity contribution in [1.29, 1.82) is 0 Å². The first-order chi connectivity index (χ1) is 16.5. The van der Waals surface area contributed by atoms with Gasteiger partial charge in [0.2, 0.25) is 0 Å². The summed E-state index contributed by atoms with van der Waals surface area (Å²) in [4.78, 5) is 13.0. The third kappa shape index (κ3) is 4.36. The van der Waals surface area contributed by atoms with Crippen LogP contribution in [0.5, 0.6) is 11.5 Å². The van der Waals surface area contributed by atoms with E-state index in [-0.39, 0.29) is 17.6 Å². The van der Waals surface area contributed by atoms with E-state index in [9.17, 15) is 9.18 Å². The van der Waals surface area contributed by atoms with Gasteiger partial charge in [-0.3, -0.25) is 4.79 Å². The van der Waals surface area contributed by atoms with Crippen molar-refractivity contribution < 1.29 is 18.7 Å². The maximum Gasteiger partial charge on any atom is 0.263 e. The minimum absolute atomic E-state index is 0.245. The fourth-order valence-electron chi connectivity index (χ4n) is 4.10. The van der Waals surface area contributed by atoms with Crippen LogP contribution in [0, 0.1) is 5.82 Å². The van der Waals surface area contributed by atoms with Crippen LogP contribution in [0.1, 0.15) is 29.5 Å². The predicted octanol–water partition coefficient (Wildman–Crippen LogP) is 6.19. The predicted molar refractivity (Wildman–Crippen MR) is 136 cm³/mol.